The van der Waals surface area contributed by atoms with Gasteiger partial charge in [-0.2, -0.15) is 4.31 Å². The van der Waals surface area contributed by atoms with Gasteiger partial charge in [-0.15, -0.1) is 0 Å². The third-order valence-corrected chi connectivity index (χ3v) is 6.99. The Balaban J connectivity index is 1.66. The fourth-order valence-corrected chi connectivity index (χ4v) is 4.82. The van der Waals surface area contributed by atoms with Crippen molar-refractivity contribution in [3.05, 3.63) is 58.1 Å². The molecular formula is C20H23N3O7S. The van der Waals surface area contributed by atoms with E-state index in [1.165, 1.54) is 29.6 Å². The molecule has 1 amide bonds. The minimum Gasteiger partial charge on any atom is -0.497 e. The van der Waals surface area contributed by atoms with E-state index in [1.54, 1.807) is 30.2 Å². The summed E-state index contributed by atoms with van der Waals surface area (Å²) in [6.07, 6.45) is 0.116. The van der Waals surface area contributed by atoms with Crippen molar-refractivity contribution in [2.45, 2.75) is 11.3 Å². The van der Waals surface area contributed by atoms with Crippen molar-refractivity contribution >= 4 is 21.6 Å². The molecule has 0 saturated carbocycles. The molecule has 2 aromatic rings. The summed E-state index contributed by atoms with van der Waals surface area (Å²) in [5.41, 5.74) is 0.420. The Kier molecular flexibility index (Phi) is 6.76. The first kappa shape index (κ1) is 22.5. The molecule has 10 nitrogen and oxygen atoms in total. The van der Waals surface area contributed by atoms with Crippen molar-refractivity contribution in [2.75, 3.05) is 40.4 Å². The van der Waals surface area contributed by atoms with Crippen LogP contribution >= 0.6 is 0 Å². The first-order chi connectivity index (χ1) is 14.8. The van der Waals surface area contributed by atoms with Gasteiger partial charge in [0, 0.05) is 49.9 Å². The lowest BCUT2D eigenvalue weighted by Crippen LogP contribution is -2.50. The Labute approximate surface area is 180 Å². The molecule has 0 bridgehead atoms. The molecule has 2 aromatic carbocycles. The minimum absolute atomic E-state index is 0.108. The number of amides is 1. The van der Waals surface area contributed by atoms with Crippen molar-refractivity contribution in [3.63, 3.8) is 0 Å². The fourth-order valence-electron chi connectivity index (χ4n) is 3.36. The number of sulfonamides is 1. The number of hydrogen-bond donors (Lipinski definition) is 0. The Morgan fingerprint density at radius 3 is 2.39 bits per heavy atom. The second-order valence-electron chi connectivity index (χ2n) is 6.89. The van der Waals surface area contributed by atoms with Crippen LogP contribution in [0.5, 0.6) is 11.5 Å². The standard InChI is InChI=1S/C20H23N3O7S/c1-29-17-7-6-15(19(14-17)30-2)12-20(24)21-8-10-22(11-9-21)31(27,28)18-5-3-4-16(13-18)23(25)26/h3-7,13-14H,8-12H2,1-2H3. The van der Waals surface area contributed by atoms with Crippen LogP contribution in [0.4, 0.5) is 5.69 Å². The minimum atomic E-state index is -3.89. The number of non-ortho nitro benzene ring substituents is 1. The summed E-state index contributed by atoms with van der Waals surface area (Å²) in [4.78, 5) is 24.5. The Bertz CT molecular complexity index is 1080. The number of ether oxygens (including phenoxy) is 2. The zero-order valence-electron chi connectivity index (χ0n) is 17.2. The van der Waals surface area contributed by atoms with Crippen LogP contribution in [0.1, 0.15) is 5.56 Å². The zero-order chi connectivity index (χ0) is 22.6. The van der Waals surface area contributed by atoms with E-state index in [9.17, 15) is 23.3 Å². The molecule has 1 aliphatic rings. The van der Waals surface area contributed by atoms with Crippen molar-refractivity contribution in [2.24, 2.45) is 0 Å². The lowest BCUT2D eigenvalue weighted by molar-refractivity contribution is -0.385. The quantitative estimate of drug-likeness (QED) is 0.466. The molecule has 0 atom stereocenters. The smallest absolute Gasteiger partial charge is 0.270 e. The Morgan fingerprint density at radius 2 is 1.77 bits per heavy atom. The lowest BCUT2D eigenvalue weighted by Gasteiger charge is -2.34. The highest BCUT2D eigenvalue weighted by Gasteiger charge is 2.31. The van der Waals surface area contributed by atoms with Gasteiger partial charge in [0.15, 0.2) is 0 Å². The number of carbonyl (C=O) groups excluding carboxylic acids is 1. The largest absolute Gasteiger partial charge is 0.497 e. The molecule has 31 heavy (non-hydrogen) atoms. The Hall–Kier alpha value is -3.18. The van der Waals surface area contributed by atoms with Crippen LogP contribution in [-0.4, -0.2) is 68.9 Å². The number of nitro groups is 1. The molecule has 166 valence electrons. The average molecular weight is 449 g/mol. The van der Waals surface area contributed by atoms with Gasteiger partial charge in [0.25, 0.3) is 5.69 Å². The molecule has 0 aromatic heterocycles. The van der Waals surface area contributed by atoms with Gasteiger partial charge in [0.2, 0.25) is 15.9 Å². The molecule has 11 heteroatoms. The third kappa shape index (κ3) is 4.94. The van der Waals surface area contributed by atoms with Gasteiger partial charge in [-0.1, -0.05) is 12.1 Å². The van der Waals surface area contributed by atoms with Gasteiger partial charge in [-0.25, -0.2) is 8.42 Å². The van der Waals surface area contributed by atoms with Crippen LogP contribution in [0.25, 0.3) is 0 Å². The molecule has 0 spiro atoms. The maximum atomic E-state index is 12.8. The summed E-state index contributed by atoms with van der Waals surface area (Å²) in [5.74, 6) is 1.02. The molecule has 1 heterocycles. The first-order valence-corrected chi connectivity index (χ1v) is 10.9. The highest BCUT2D eigenvalue weighted by molar-refractivity contribution is 7.89. The number of nitro benzene ring substituents is 1. The first-order valence-electron chi connectivity index (χ1n) is 9.49. The number of carbonyl (C=O) groups is 1. The highest BCUT2D eigenvalue weighted by Crippen LogP contribution is 2.26. The van der Waals surface area contributed by atoms with Crippen LogP contribution in [0.15, 0.2) is 47.4 Å². The van der Waals surface area contributed by atoms with E-state index in [0.717, 1.165) is 6.07 Å². The average Bonchev–Trinajstić information content (AvgIpc) is 2.79. The maximum Gasteiger partial charge on any atom is 0.270 e. The SMILES string of the molecule is COc1ccc(CC(=O)N2CCN(S(=O)(=O)c3cccc([N+](=O)[O-])c3)CC2)c(OC)c1. The monoisotopic (exact) mass is 449 g/mol. The number of piperazine rings is 1. The van der Waals surface area contributed by atoms with Crippen LogP contribution in [0.3, 0.4) is 0 Å². The number of benzene rings is 2. The van der Waals surface area contributed by atoms with Gasteiger partial charge >= 0.3 is 0 Å². The maximum absolute atomic E-state index is 12.8. The van der Waals surface area contributed by atoms with E-state index in [-0.39, 0.29) is 49.1 Å². The lowest BCUT2D eigenvalue weighted by atomic mass is 10.1. The second-order valence-corrected chi connectivity index (χ2v) is 8.83. The van der Waals surface area contributed by atoms with E-state index in [1.807, 2.05) is 0 Å². The summed E-state index contributed by atoms with van der Waals surface area (Å²) in [5, 5.41) is 10.9. The summed E-state index contributed by atoms with van der Waals surface area (Å²) >= 11 is 0. The number of nitrogens with zero attached hydrogens (tertiary/aromatic N) is 3. The van der Waals surface area contributed by atoms with E-state index < -0.39 is 14.9 Å². The van der Waals surface area contributed by atoms with Crippen LogP contribution < -0.4 is 9.47 Å². The molecule has 1 saturated heterocycles. The van der Waals surface area contributed by atoms with E-state index in [0.29, 0.717) is 17.1 Å². The third-order valence-electron chi connectivity index (χ3n) is 5.09. The van der Waals surface area contributed by atoms with Gasteiger partial charge in [-0.05, 0) is 12.1 Å². The van der Waals surface area contributed by atoms with Gasteiger partial charge < -0.3 is 14.4 Å². The predicted octanol–water partition coefficient (Wildman–Crippen LogP) is 1.69. The van der Waals surface area contributed by atoms with Crippen molar-refractivity contribution in [3.8, 4) is 11.5 Å². The summed E-state index contributed by atoms with van der Waals surface area (Å²) in [6, 6.07) is 10.2. The molecule has 0 unspecified atom stereocenters. The highest BCUT2D eigenvalue weighted by atomic mass is 32.2. The van der Waals surface area contributed by atoms with Crippen molar-refractivity contribution in [1.82, 2.24) is 9.21 Å². The van der Waals surface area contributed by atoms with Crippen molar-refractivity contribution < 1.29 is 27.6 Å². The normalized spacial score (nSPS) is 14.8. The van der Waals surface area contributed by atoms with Gasteiger partial charge in [0.05, 0.1) is 30.5 Å². The van der Waals surface area contributed by atoms with E-state index >= 15 is 0 Å². The van der Waals surface area contributed by atoms with E-state index in [4.69, 9.17) is 9.47 Å². The molecule has 0 radical (unpaired) electrons. The van der Waals surface area contributed by atoms with Crippen LogP contribution in [-0.2, 0) is 21.2 Å². The Morgan fingerprint density at radius 1 is 1.06 bits per heavy atom. The molecule has 3 rings (SSSR count). The molecular weight excluding hydrogens is 426 g/mol. The van der Waals surface area contributed by atoms with E-state index in [2.05, 4.69) is 0 Å². The van der Waals surface area contributed by atoms with Crippen LogP contribution in [0, 0.1) is 10.1 Å². The van der Waals surface area contributed by atoms with Gasteiger partial charge in [-0.3, -0.25) is 14.9 Å². The fraction of sp³-hybridized carbons (Fsp3) is 0.350. The summed E-state index contributed by atoms with van der Waals surface area (Å²) in [7, 11) is -0.831. The molecule has 1 fully saturated rings. The number of methoxy groups -OCH3 is 2. The number of hydrogen-bond acceptors (Lipinski definition) is 7. The molecule has 0 N–H and O–H groups in total. The van der Waals surface area contributed by atoms with Gasteiger partial charge in [0.1, 0.15) is 11.5 Å². The number of rotatable bonds is 7. The topological polar surface area (TPSA) is 119 Å². The summed E-state index contributed by atoms with van der Waals surface area (Å²) < 4.78 is 37.4. The predicted molar refractivity (Wildman–Crippen MR) is 112 cm³/mol. The molecule has 0 aliphatic carbocycles. The van der Waals surface area contributed by atoms with Crippen molar-refractivity contribution in [1.29, 1.82) is 0 Å². The second kappa shape index (κ2) is 9.31. The van der Waals surface area contributed by atoms with Crippen LogP contribution in [0.2, 0.25) is 0 Å². The summed E-state index contributed by atoms with van der Waals surface area (Å²) in [6.45, 7) is 0.671. The molecule has 1 aliphatic heterocycles. The zero-order valence-corrected chi connectivity index (χ0v) is 18.0.